The molecule has 2 aromatic carbocycles. The normalized spacial score (nSPS) is 14.9. The summed E-state index contributed by atoms with van der Waals surface area (Å²) >= 11 is 0. The van der Waals surface area contributed by atoms with Gasteiger partial charge in [0, 0.05) is 18.8 Å². The number of fused-ring (bicyclic) bond motifs is 1. The molecule has 9 nitrogen and oxygen atoms in total. The average molecular weight is 534 g/mol. The first-order valence-electron chi connectivity index (χ1n) is 11.3. The summed E-state index contributed by atoms with van der Waals surface area (Å²) in [4.78, 5) is 26.5. The first-order chi connectivity index (χ1) is 17.5. The second-order valence-corrected chi connectivity index (χ2v) is 10.8. The molecule has 194 valence electrons. The Morgan fingerprint density at radius 2 is 1.70 bits per heavy atom. The van der Waals surface area contributed by atoms with E-state index in [1.54, 1.807) is 13.2 Å². The van der Waals surface area contributed by atoms with Crippen molar-refractivity contribution < 1.29 is 21.6 Å². The Morgan fingerprint density at radius 3 is 2.30 bits per heavy atom. The number of rotatable bonds is 8. The second-order valence-electron chi connectivity index (χ2n) is 9.15. The largest absolute Gasteiger partial charge is 0.332 e. The predicted molar refractivity (Wildman–Crippen MR) is 129 cm³/mol. The monoisotopic (exact) mass is 533 g/mol. The van der Waals surface area contributed by atoms with Gasteiger partial charge < -0.3 is 0 Å². The topological polar surface area (TPSA) is 108 Å². The van der Waals surface area contributed by atoms with Crippen LogP contribution in [0.5, 0.6) is 0 Å². The number of halogens is 3. The first kappa shape index (κ1) is 25.0. The minimum atomic E-state index is -4.38. The Labute approximate surface area is 208 Å². The molecule has 0 spiro atoms. The van der Waals surface area contributed by atoms with Crippen LogP contribution in [-0.4, -0.2) is 39.3 Å². The molecule has 5 rings (SSSR count). The lowest BCUT2D eigenvalue weighted by Gasteiger charge is -2.18. The van der Waals surface area contributed by atoms with E-state index in [1.807, 2.05) is 0 Å². The van der Waals surface area contributed by atoms with E-state index in [0.717, 1.165) is 16.7 Å². The average Bonchev–Trinajstić information content (AvgIpc) is 3.52. The fourth-order valence-corrected chi connectivity index (χ4v) is 5.66. The molecule has 0 atom stereocenters. The lowest BCUT2D eigenvalue weighted by Crippen LogP contribution is -2.42. The van der Waals surface area contributed by atoms with Gasteiger partial charge in [-0.05, 0) is 48.7 Å². The standard InChI is InChI=1S/C24H22F3N5O4S/c1-30-12-16(11-28-30)14-32-21(33)19-10-18(37(35,36)29-24(8-9-24)22(26)27)6-7-20(19)31(23(32)34)13-15-2-4-17(25)5-3-15/h2-7,10-12,22,29H,8-9,13-14H2,1H3. The number of nitrogens with one attached hydrogen (secondary N) is 1. The van der Waals surface area contributed by atoms with Crippen molar-refractivity contribution in [2.24, 2.45) is 7.05 Å². The Morgan fingerprint density at radius 1 is 1.03 bits per heavy atom. The number of alkyl halides is 2. The van der Waals surface area contributed by atoms with Crippen molar-refractivity contribution in [3.63, 3.8) is 0 Å². The molecule has 0 bridgehead atoms. The number of aryl methyl sites for hydroxylation is 1. The highest BCUT2D eigenvalue weighted by atomic mass is 32.2. The van der Waals surface area contributed by atoms with Crippen LogP contribution in [0.3, 0.4) is 0 Å². The van der Waals surface area contributed by atoms with Gasteiger partial charge >= 0.3 is 5.69 Å². The van der Waals surface area contributed by atoms with Crippen molar-refractivity contribution in [3.05, 3.63) is 92.6 Å². The summed E-state index contributed by atoms with van der Waals surface area (Å²) in [5, 5.41) is 3.95. The van der Waals surface area contributed by atoms with E-state index in [0.29, 0.717) is 11.1 Å². The Balaban J connectivity index is 1.67. The third-order valence-electron chi connectivity index (χ3n) is 6.40. The SMILES string of the molecule is Cn1cc(Cn2c(=O)c3cc(S(=O)(=O)NC4(C(F)F)CC4)ccc3n(Cc3ccc(F)cc3)c2=O)cn1. The molecule has 1 fully saturated rings. The van der Waals surface area contributed by atoms with Gasteiger partial charge in [-0.1, -0.05) is 12.1 Å². The van der Waals surface area contributed by atoms with Gasteiger partial charge in [0.1, 0.15) is 5.82 Å². The van der Waals surface area contributed by atoms with Gasteiger partial charge in [-0.2, -0.15) is 9.82 Å². The summed E-state index contributed by atoms with van der Waals surface area (Å²) in [6.07, 6.45) is 0.259. The van der Waals surface area contributed by atoms with Crippen LogP contribution in [0, 0.1) is 5.82 Å². The Hall–Kier alpha value is -3.71. The molecule has 0 unspecified atom stereocenters. The van der Waals surface area contributed by atoms with Crippen LogP contribution in [0.15, 0.2) is 69.3 Å². The van der Waals surface area contributed by atoms with Crippen molar-refractivity contribution in [1.29, 1.82) is 0 Å². The fraction of sp³-hybridized carbons (Fsp3) is 0.292. The van der Waals surface area contributed by atoms with Gasteiger partial charge in [-0.3, -0.25) is 18.6 Å². The molecule has 0 radical (unpaired) electrons. The van der Waals surface area contributed by atoms with Crippen molar-refractivity contribution in [2.75, 3.05) is 0 Å². The number of sulfonamides is 1. The van der Waals surface area contributed by atoms with Crippen LogP contribution in [0.4, 0.5) is 13.2 Å². The third-order valence-corrected chi connectivity index (χ3v) is 7.95. The molecule has 1 aliphatic carbocycles. The van der Waals surface area contributed by atoms with Crippen LogP contribution < -0.4 is 16.0 Å². The highest BCUT2D eigenvalue weighted by molar-refractivity contribution is 7.89. The van der Waals surface area contributed by atoms with Crippen molar-refractivity contribution >= 4 is 20.9 Å². The number of aromatic nitrogens is 4. The molecular formula is C24H22F3N5O4S. The van der Waals surface area contributed by atoms with Crippen molar-refractivity contribution in [1.82, 2.24) is 23.6 Å². The minimum Gasteiger partial charge on any atom is -0.289 e. The molecule has 1 aliphatic rings. The van der Waals surface area contributed by atoms with Gasteiger partial charge in [0.2, 0.25) is 10.0 Å². The molecule has 1 N–H and O–H groups in total. The molecule has 13 heteroatoms. The van der Waals surface area contributed by atoms with Crippen molar-refractivity contribution in [2.45, 2.75) is 42.8 Å². The summed E-state index contributed by atoms with van der Waals surface area (Å²) in [6, 6.07) is 9.01. The number of hydrogen-bond donors (Lipinski definition) is 1. The maximum absolute atomic E-state index is 13.4. The summed E-state index contributed by atoms with van der Waals surface area (Å²) < 4.78 is 71.9. The summed E-state index contributed by atoms with van der Waals surface area (Å²) in [6.45, 7) is -0.156. The van der Waals surface area contributed by atoms with Crippen LogP contribution >= 0.6 is 0 Å². The molecular weight excluding hydrogens is 511 g/mol. The smallest absolute Gasteiger partial charge is 0.289 e. The van der Waals surface area contributed by atoms with E-state index in [4.69, 9.17) is 0 Å². The number of benzene rings is 2. The number of hydrogen-bond acceptors (Lipinski definition) is 5. The summed E-state index contributed by atoms with van der Waals surface area (Å²) in [7, 11) is -2.71. The minimum absolute atomic E-state index is 0.00655. The molecule has 2 aromatic heterocycles. The van der Waals surface area contributed by atoms with E-state index in [9.17, 15) is 31.2 Å². The third kappa shape index (κ3) is 4.71. The van der Waals surface area contributed by atoms with E-state index in [1.165, 1.54) is 45.8 Å². The number of nitrogens with zero attached hydrogens (tertiary/aromatic N) is 4. The zero-order valence-electron chi connectivity index (χ0n) is 19.6. The fourth-order valence-electron chi connectivity index (χ4n) is 4.20. The maximum Gasteiger partial charge on any atom is 0.332 e. The lowest BCUT2D eigenvalue weighted by atomic mass is 10.2. The summed E-state index contributed by atoms with van der Waals surface area (Å²) in [5.41, 5.74) is -1.93. The Kier molecular flexibility index (Phi) is 6.07. The lowest BCUT2D eigenvalue weighted by molar-refractivity contribution is 0.0970. The molecule has 0 aliphatic heterocycles. The highest BCUT2D eigenvalue weighted by Gasteiger charge is 2.53. The van der Waals surface area contributed by atoms with E-state index < -0.39 is 39.1 Å². The second kappa shape index (κ2) is 8.99. The van der Waals surface area contributed by atoms with Crippen LogP contribution in [0.25, 0.3) is 10.9 Å². The molecule has 2 heterocycles. The highest BCUT2D eigenvalue weighted by Crippen LogP contribution is 2.42. The predicted octanol–water partition coefficient (Wildman–Crippen LogP) is 2.21. The van der Waals surface area contributed by atoms with E-state index in [-0.39, 0.29) is 41.7 Å². The van der Waals surface area contributed by atoms with Gasteiger partial charge in [-0.15, -0.1) is 0 Å². The van der Waals surface area contributed by atoms with Gasteiger partial charge in [-0.25, -0.2) is 26.4 Å². The maximum atomic E-state index is 13.4. The zero-order valence-corrected chi connectivity index (χ0v) is 20.4. The van der Waals surface area contributed by atoms with Crippen LogP contribution in [0.2, 0.25) is 0 Å². The molecule has 0 amide bonds. The van der Waals surface area contributed by atoms with E-state index >= 15 is 0 Å². The summed E-state index contributed by atoms with van der Waals surface area (Å²) in [5.74, 6) is -0.456. The molecule has 0 saturated heterocycles. The van der Waals surface area contributed by atoms with Gasteiger partial charge in [0.05, 0.1) is 40.6 Å². The van der Waals surface area contributed by atoms with E-state index in [2.05, 4.69) is 9.82 Å². The van der Waals surface area contributed by atoms with Crippen molar-refractivity contribution in [3.8, 4) is 0 Å². The van der Waals surface area contributed by atoms with Crippen LogP contribution in [-0.2, 0) is 30.2 Å². The zero-order chi connectivity index (χ0) is 26.5. The van der Waals surface area contributed by atoms with Crippen LogP contribution in [0.1, 0.15) is 24.0 Å². The quantitative estimate of drug-likeness (QED) is 0.374. The molecule has 4 aromatic rings. The molecule has 37 heavy (non-hydrogen) atoms. The first-order valence-corrected chi connectivity index (χ1v) is 12.8. The Bertz CT molecular complexity index is 1720. The van der Waals surface area contributed by atoms with Gasteiger partial charge in [0.25, 0.3) is 12.0 Å². The molecule has 1 saturated carbocycles. The van der Waals surface area contributed by atoms with Gasteiger partial charge in [0.15, 0.2) is 0 Å².